The lowest BCUT2D eigenvalue weighted by molar-refractivity contribution is 0.412. The molecule has 0 fully saturated rings. The fraction of sp³-hybridized carbons (Fsp3) is 0.500. The fourth-order valence-electron chi connectivity index (χ4n) is 1.42. The highest BCUT2D eigenvalue weighted by atomic mass is 79.9. The molecule has 0 saturated carbocycles. The molecule has 2 nitrogen and oxygen atoms in total. The van der Waals surface area contributed by atoms with Gasteiger partial charge in [0.25, 0.3) is 0 Å². The lowest BCUT2D eigenvalue weighted by Crippen LogP contribution is -2.27. The molecule has 0 bridgehead atoms. The number of rotatable bonds is 6. The van der Waals surface area contributed by atoms with Crippen molar-refractivity contribution < 1.29 is 4.74 Å². The van der Waals surface area contributed by atoms with Crippen molar-refractivity contribution in [3.05, 3.63) is 28.2 Å². The van der Waals surface area contributed by atoms with E-state index in [4.69, 9.17) is 4.74 Å². The van der Waals surface area contributed by atoms with Crippen LogP contribution in [0.4, 0.5) is 0 Å². The molecule has 0 aliphatic rings. The summed E-state index contributed by atoms with van der Waals surface area (Å²) < 4.78 is 6.20. The summed E-state index contributed by atoms with van der Waals surface area (Å²) in [6.45, 7) is 3.10. The van der Waals surface area contributed by atoms with Gasteiger partial charge in [0.05, 0.1) is 11.6 Å². The molecule has 1 rings (SSSR count). The number of methoxy groups -OCH3 is 1. The zero-order chi connectivity index (χ0) is 12.0. The van der Waals surface area contributed by atoms with Gasteiger partial charge in [-0.3, -0.25) is 0 Å². The first kappa shape index (κ1) is 13.9. The van der Waals surface area contributed by atoms with E-state index in [1.807, 2.05) is 17.8 Å². The van der Waals surface area contributed by atoms with E-state index in [0.29, 0.717) is 6.04 Å². The predicted octanol–water partition coefficient (Wildman–Crippen LogP) is 3.30. The van der Waals surface area contributed by atoms with E-state index in [1.54, 1.807) is 7.11 Å². The van der Waals surface area contributed by atoms with Gasteiger partial charge < -0.3 is 10.1 Å². The Morgan fingerprint density at radius 2 is 2.25 bits per heavy atom. The summed E-state index contributed by atoms with van der Waals surface area (Å²) in [4.78, 5) is 0. The van der Waals surface area contributed by atoms with Gasteiger partial charge in [0.2, 0.25) is 0 Å². The average Bonchev–Trinajstić information content (AvgIpc) is 2.27. The van der Waals surface area contributed by atoms with Crippen LogP contribution in [-0.4, -0.2) is 25.2 Å². The highest BCUT2D eigenvalue weighted by Gasteiger charge is 2.03. The number of ether oxygens (including phenoxy) is 1. The first-order chi connectivity index (χ1) is 7.67. The van der Waals surface area contributed by atoms with E-state index in [2.05, 4.69) is 46.6 Å². The minimum Gasteiger partial charge on any atom is -0.496 e. The molecule has 1 aromatic carbocycles. The van der Waals surface area contributed by atoms with Crippen molar-refractivity contribution in [1.82, 2.24) is 5.32 Å². The van der Waals surface area contributed by atoms with E-state index in [0.717, 1.165) is 22.5 Å². The normalized spacial score (nSPS) is 12.5. The number of halogens is 1. The Kier molecular flexibility index (Phi) is 6.24. The number of hydrogen-bond donors (Lipinski definition) is 1. The van der Waals surface area contributed by atoms with Crippen LogP contribution < -0.4 is 10.1 Å². The summed E-state index contributed by atoms with van der Waals surface area (Å²) in [7, 11) is 1.68. The van der Waals surface area contributed by atoms with Gasteiger partial charge in [0, 0.05) is 18.3 Å². The monoisotopic (exact) mass is 303 g/mol. The van der Waals surface area contributed by atoms with Gasteiger partial charge in [-0.05, 0) is 46.8 Å². The van der Waals surface area contributed by atoms with Crippen LogP contribution in [0, 0.1) is 0 Å². The van der Waals surface area contributed by atoms with Gasteiger partial charge in [0.15, 0.2) is 0 Å². The van der Waals surface area contributed by atoms with Crippen molar-refractivity contribution in [2.45, 2.75) is 19.5 Å². The van der Waals surface area contributed by atoms with E-state index in [-0.39, 0.29) is 0 Å². The van der Waals surface area contributed by atoms with E-state index >= 15 is 0 Å². The zero-order valence-electron chi connectivity index (χ0n) is 9.92. The number of thioether (sulfide) groups is 1. The van der Waals surface area contributed by atoms with Gasteiger partial charge in [-0.25, -0.2) is 0 Å². The van der Waals surface area contributed by atoms with Gasteiger partial charge >= 0.3 is 0 Å². The Labute approximate surface area is 110 Å². The summed E-state index contributed by atoms with van der Waals surface area (Å²) in [6.07, 6.45) is 2.13. The van der Waals surface area contributed by atoms with Crippen LogP contribution in [-0.2, 0) is 6.54 Å². The lowest BCUT2D eigenvalue weighted by atomic mass is 10.2. The molecule has 90 valence electrons. The largest absolute Gasteiger partial charge is 0.496 e. The Bertz CT molecular complexity index is 333. The summed E-state index contributed by atoms with van der Waals surface area (Å²) in [6, 6.07) is 6.70. The van der Waals surface area contributed by atoms with Gasteiger partial charge in [-0.15, -0.1) is 0 Å². The maximum absolute atomic E-state index is 5.19. The molecule has 4 heteroatoms. The lowest BCUT2D eigenvalue weighted by Gasteiger charge is -2.13. The van der Waals surface area contributed by atoms with E-state index in [9.17, 15) is 0 Å². The zero-order valence-corrected chi connectivity index (χ0v) is 12.3. The Hall–Kier alpha value is -0.190. The third-order valence-corrected chi connectivity index (χ3v) is 3.74. The molecule has 1 unspecified atom stereocenters. The summed E-state index contributed by atoms with van der Waals surface area (Å²) in [5.74, 6) is 2.01. The Balaban J connectivity index is 2.51. The molecule has 1 aromatic rings. The maximum Gasteiger partial charge on any atom is 0.133 e. The number of benzene rings is 1. The van der Waals surface area contributed by atoms with Crippen LogP contribution in [0.1, 0.15) is 12.5 Å². The van der Waals surface area contributed by atoms with Crippen molar-refractivity contribution in [3.63, 3.8) is 0 Å². The second-order valence-electron chi connectivity index (χ2n) is 3.71. The Morgan fingerprint density at radius 3 is 2.81 bits per heavy atom. The van der Waals surface area contributed by atoms with Crippen LogP contribution in [0.2, 0.25) is 0 Å². The standard InChI is InChI=1S/C12H18BrNOS/c1-9(8-16-3)14-7-10-4-5-12(15-2)11(13)6-10/h4-6,9,14H,7-8H2,1-3H3. The summed E-state index contributed by atoms with van der Waals surface area (Å²) in [5, 5.41) is 3.48. The van der Waals surface area contributed by atoms with Crippen LogP contribution >= 0.6 is 27.7 Å². The number of nitrogens with one attached hydrogen (secondary N) is 1. The maximum atomic E-state index is 5.19. The van der Waals surface area contributed by atoms with E-state index < -0.39 is 0 Å². The topological polar surface area (TPSA) is 21.3 Å². The van der Waals surface area contributed by atoms with Crippen LogP contribution in [0.5, 0.6) is 5.75 Å². The van der Waals surface area contributed by atoms with Crippen molar-refractivity contribution in [2.75, 3.05) is 19.1 Å². The summed E-state index contributed by atoms with van der Waals surface area (Å²) in [5.41, 5.74) is 1.26. The quantitative estimate of drug-likeness (QED) is 0.871. The third-order valence-electron chi connectivity index (χ3n) is 2.29. The molecule has 0 aromatic heterocycles. The minimum atomic E-state index is 0.538. The van der Waals surface area contributed by atoms with Gasteiger partial charge in [-0.2, -0.15) is 11.8 Å². The van der Waals surface area contributed by atoms with Gasteiger partial charge in [0.1, 0.15) is 5.75 Å². The van der Waals surface area contributed by atoms with Crippen LogP contribution in [0.15, 0.2) is 22.7 Å². The minimum absolute atomic E-state index is 0.538. The van der Waals surface area contributed by atoms with Crippen LogP contribution in [0.3, 0.4) is 0 Å². The second kappa shape index (κ2) is 7.20. The molecule has 1 atom stereocenters. The van der Waals surface area contributed by atoms with Gasteiger partial charge in [-0.1, -0.05) is 6.07 Å². The molecule has 0 aliphatic carbocycles. The van der Waals surface area contributed by atoms with Crippen molar-refractivity contribution in [1.29, 1.82) is 0 Å². The van der Waals surface area contributed by atoms with E-state index in [1.165, 1.54) is 5.56 Å². The molecule has 0 saturated heterocycles. The molecule has 0 aliphatic heterocycles. The molecule has 1 N–H and O–H groups in total. The first-order valence-corrected chi connectivity index (χ1v) is 7.40. The average molecular weight is 304 g/mol. The summed E-state index contributed by atoms with van der Waals surface area (Å²) >= 11 is 5.35. The van der Waals surface area contributed by atoms with Crippen molar-refractivity contribution in [3.8, 4) is 5.75 Å². The van der Waals surface area contributed by atoms with Crippen LogP contribution in [0.25, 0.3) is 0 Å². The highest BCUT2D eigenvalue weighted by molar-refractivity contribution is 9.10. The molecule has 0 amide bonds. The molecular formula is C12H18BrNOS. The fourth-order valence-corrected chi connectivity index (χ4v) is 2.63. The smallest absolute Gasteiger partial charge is 0.133 e. The Morgan fingerprint density at radius 1 is 1.50 bits per heavy atom. The SMILES string of the molecule is COc1ccc(CNC(C)CSC)cc1Br. The van der Waals surface area contributed by atoms with Crippen molar-refractivity contribution >= 4 is 27.7 Å². The molecular weight excluding hydrogens is 286 g/mol. The molecule has 16 heavy (non-hydrogen) atoms. The first-order valence-electron chi connectivity index (χ1n) is 5.22. The molecule has 0 heterocycles. The predicted molar refractivity (Wildman–Crippen MR) is 75.4 cm³/mol. The number of hydrogen-bond acceptors (Lipinski definition) is 3. The highest BCUT2D eigenvalue weighted by Crippen LogP contribution is 2.25. The molecule has 0 radical (unpaired) electrons. The third kappa shape index (κ3) is 4.36. The second-order valence-corrected chi connectivity index (χ2v) is 5.47. The molecule has 0 spiro atoms. The van der Waals surface area contributed by atoms with Crippen molar-refractivity contribution in [2.24, 2.45) is 0 Å².